The lowest BCUT2D eigenvalue weighted by Crippen LogP contribution is -2.34. The average molecular weight is 277 g/mol. The van der Waals surface area contributed by atoms with E-state index in [1.165, 1.54) is 29.2 Å². The Hall–Kier alpha value is -2.17. The van der Waals surface area contributed by atoms with Gasteiger partial charge in [-0.1, -0.05) is 12.1 Å². The Morgan fingerprint density at radius 2 is 2.20 bits per heavy atom. The van der Waals surface area contributed by atoms with Gasteiger partial charge in [0, 0.05) is 19.2 Å². The van der Waals surface area contributed by atoms with Gasteiger partial charge in [0.05, 0.1) is 5.41 Å². The van der Waals surface area contributed by atoms with Crippen molar-refractivity contribution in [2.45, 2.75) is 13.3 Å². The number of halogens is 1. The smallest absolute Gasteiger partial charge is 0.311 e. The van der Waals surface area contributed by atoms with Crippen LogP contribution in [0.3, 0.4) is 0 Å². The fraction of sp³-hybridized carbons (Fsp3) is 0.333. The van der Waals surface area contributed by atoms with E-state index in [1.54, 1.807) is 19.1 Å². The molecule has 1 aliphatic rings. The summed E-state index contributed by atoms with van der Waals surface area (Å²) in [4.78, 5) is 24.6. The van der Waals surface area contributed by atoms with E-state index in [0.29, 0.717) is 18.5 Å². The highest BCUT2D eigenvalue weighted by Gasteiger charge is 2.41. The molecule has 1 heterocycles. The monoisotopic (exact) mass is 277 g/mol. The zero-order valence-electron chi connectivity index (χ0n) is 11.2. The van der Waals surface area contributed by atoms with Gasteiger partial charge in [0.15, 0.2) is 0 Å². The Kier molecular flexibility index (Phi) is 3.88. The molecular formula is C15H16FNO3. The summed E-state index contributed by atoms with van der Waals surface area (Å²) in [6, 6.07) is 5.92. The first-order chi connectivity index (χ1) is 9.40. The van der Waals surface area contributed by atoms with Crippen LogP contribution in [0.5, 0.6) is 0 Å². The number of carbonyl (C=O) groups is 2. The summed E-state index contributed by atoms with van der Waals surface area (Å²) in [6.45, 7) is 2.27. The van der Waals surface area contributed by atoms with E-state index < -0.39 is 11.4 Å². The Morgan fingerprint density at radius 3 is 2.80 bits per heavy atom. The molecule has 1 aliphatic heterocycles. The number of hydrogen-bond acceptors (Lipinski definition) is 2. The van der Waals surface area contributed by atoms with Crippen molar-refractivity contribution in [2.75, 3.05) is 13.1 Å². The van der Waals surface area contributed by atoms with Crippen LogP contribution >= 0.6 is 0 Å². The van der Waals surface area contributed by atoms with Crippen LogP contribution in [0.1, 0.15) is 18.9 Å². The molecule has 0 aromatic heterocycles. The van der Waals surface area contributed by atoms with Gasteiger partial charge in [0.2, 0.25) is 5.91 Å². The number of aliphatic carboxylic acids is 1. The molecule has 1 aromatic carbocycles. The highest BCUT2D eigenvalue weighted by atomic mass is 19.1. The minimum absolute atomic E-state index is 0.203. The van der Waals surface area contributed by atoms with Gasteiger partial charge in [-0.3, -0.25) is 9.59 Å². The predicted octanol–water partition coefficient (Wildman–Crippen LogP) is 2.16. The molecule has 0 radical (unpaired) electrons. The van der Waals surface area contributed by atoms with Crippen LogP contribution in [-0.4, -0.2) is 35.0 Å². The molecule has 4 nitrogen and oxygen atoms in total. The van der Waals surface area contributed by atoms with Crippen molar-refractivity contribution in [2.24, 2.45) is 5.41 Å². The first-order valence-electron chi connectivity index (χ1n) is 6.37. The minimum atomic E-state index is -0.887. The van der Waals surface area contributed by atoms with Crippen molar-refractivity contribution in [1.29, 1.82) is 0 Å². The summed E-state index contributed by atoms with van der Waals surface area (Å²) in [7, 11) is 0. The molecule has 0 bridgehead atoms. The van der Waals surface area contributed by atoms with Gasteiger partial charge >= 0.3 is 5.97 Å². The molecule has 0 saturated carbocycles. The third kappa shape index (κ3) is 3.04. The summed E-state index contributed by atoms with van der Waals surface area (Å²) in [5, 5.41) is 9.11. The largest absolute Gasteiger partial charge is 0.481 e. The topological polar surface area (TPSA) is 57.6 Å². The Morgan fingerprint density at radius 1 is 1.45 bits per heavy atom. The Labute approximate surface area is 116 Å². The van der Waals surface area contributed by atoms with Crippen molar-refractivity contribution in [3.05, 3.63) is 41.7 Å². The van der Waals surface area contributed by atoms with Crippen LogP contribution < -0.4 is 0 Å². The van der Waals surface area contributed by atoms with Gasteiger partial charge < -0.3 is 10.0 Å². The molecule has 0 spiro atoms. The fourth-order valence-corrected chi connectivity index (χ4v) is 2.21. The molecule has 1 N–H and O–H groups in total. The van der Waals surface area contributed by atoms with E-state index in [4.69, 9.17) is 5.11 Å². The number of carboxylic acid groups (broad SMARTS) is 1. The Bertz CT molecular complexity index is 570. The van der Waals surface area contributed by atoms with Crippen molar-refractivity contribution < 1.29 is 19.1 Å². The Balaban J connectivity index is 2.01. The summed E-state index contributed by atoms with van der Waals surface area (Å²) in [5.74, 6) is -1.50. The summed E-state index contributed by atoms with van der Waals surface area (Å²) in [6.07, 6.45) is 3.33. The standard InChI is InChI=1S/C15H16FNO3/c1-15(14(19)20)7-8-17(10-15)13(18)6-5-11-3-2-4-12(16)9-11/h2-6,9H,7-8,10H2,1H3,(H,19,20)/b6-5+. The first kappa shape index (κ1) is 14.2. The van der Waals surface area contributed by atoms with Crippen LogP contribution in [0.4, 0.5) is 4.39 Å². The van der Waals surface area contributed by atoms with E-state index in [2.05, 4.69) is 0 Å². The normalized spacial score (nSPS) is 22.4. The van der Waals surface area contributed by atoms with Crippen LogP contribution in [0.2, 0.25) is 0 Å². The highest BCUT2D eigenvalue weighted by Crippen LogP contribution is 2.30. The van der Waals surface area contributed by atoms with E-state index in [9.17, 15) is 14.0 Å². The number of carboxylic acids is 1. The minimum Gasteiger partial charge on any atom is -0.481 e. The molecule has 106 valence electrons. The average Bonchev–Trinajstić information content (AvgIpc) is 2.80. The summed E-state index contributed by atoms with van der Waals surface area (Å²) < 4.78 is 13.0. The molecule has 1 saturated heterocycles. The molecule has 20 heavy (non-hydrogen) atoms. The maximum atomic E-state index is 13.0. The number of carbonyl (C=O) groups excluding carboxylic acids is 1. The van der Waals surface area contributed by atoms with Crippen LogP contribution in [0.25, 0.3) is 6.08 Å². The van der Waals surface area contributed by atoms with E-state index >= 15 is 0 Å². The van der Waals surface area contributed by atoms with Crippen molar-refractivity contribution in [3.63, 3.8) is 0 Å². The zero-order valence-corrected chi connectivity index (χ0v) is 11.2. The zero-order chi connectivity index (χ0) is 14.8. The van der Waals surface area contributed by atoms with Gasteiger partial charge in [-0.15, -0.1) is 0 Å². The lowest BCUT2D eigenvalue weighted by atomic mass is 9.90. The van der Waals surface area contributed by atoms with E-state index in [-0.39, 0.29) is 18.3 Å². The second-order valence-electron chi connectivity index (χ2n) is 5.26. The molecule has 1 amide bonds. The molecule has 0 aliphatic carbocycles. The molecule has 5 heteroatoms. The lowest BCUT2D eigenvalue weighted by molar-refractivity contribution is -0.147. The molecule has 1 unspecified atom stereocenters. The summed E-state index contributed by atoms with van der Waals surface area (Å²) >= 11 is 0. The molecule has 1 fully saturated rings. The maximum Gasteiger partial charge on any atom is 0.311 e. The van der Waals surface area contributed by atoms with Gasteiger partial charge in [0.1, 0.15) is 5.82 Å². The van der Waals surface area contributed by atoms with Crippen LogP contribution in [-0.2, 0) is 9.59 Å². The van der Waals surface area contributed by atoms with E-state index in [0.717, 1.165) is 0 Å². The number of amides is 1. The number of likely N-dealkylation sites (tertiary alicyclic amines) is 1. The molecule has 1 aromatic rings. The van der Waals surface area contributed by atoms with Gasteiger partial charge in [0.25, 0.3) is 0 Å². The van der Waals surface area contributed by atoms with Gasteiger partial charge in [-0.25, -0.2) is 4.39 Å². The molecular weight excluding hydrogens is 261 g/mol. The van der Waals surface area contributed by atoms with Crippen molar-refractivity contribution in [1.82, 2.24) is 4.90 Å². The second kappa shape index (κ2) is 5.45. The number of nitrogens with zero attached hydrogens (tertiary/aromatic N) is 1. The SMILES string of the molecule is CC1(C(=O)O)CCN(C(=O)/C=C/c2cccc(F)c2)C1. The fourth-order valence-electron chi connectivity index (χ4n) is 2.21. The first-order valence-corrected chi connectivity index (χ1v) is 6.37. The number of benzene rings is 1. The second-order valence-corrected chi connectivity index (χ2v) is 5.26. The molecule has 2 rings (SSSR count). The highest BCUT2D eigenvalue weighted by molar-refractivity contribution is 5.92. The molecule has 1 atom stereocenters. The van der Waals surface area contributed by atoms with Crippen molar-refractivity contribution in [3.8, 4) is 0 Å². The lowest BCUT2D eigenvalue weighted by Gasteiger charge is -2.18. The quantitative estimate of drug-likeness (QED) is 0.861. The van der Waals surface area contributed by atoms with Crippen LogP contribution in [0.15, 0.2) is 30.3 Å². The third-order valence-electron chi connectivity index (χ3n) is 3.57. The van der Waals surface area contributed by atoms with Gasteiger partial charge in [-0.2, -0.15) is 0 Å². The number of hydrogen-bond donors (Lipinski definition) is 1. The van der Waals surface area contributed by atoms with E-state index in [1.807, 2.05) is 0 Å². The van der Waals surface area contributed by atoms with Gasteiger partial charge in [-0.05, 0) is 37.1 Å². The number of rotatable bonds is 3. The summed E-state index contributed by atoms with van der Waals surface area (Å²) in [5.41, 5.74) is -0.277. The maximum absolute atomic E-state index is 13.0. The van der Waals surface area contributed by atoms with Crippen LogP contribution in [0, 0.1) is 11.2 Å². The third-order valence-corrected chi connectivity index (χ3v) is 3.57. The predicted molar refractivity (Wildman–Crippen MR) is 72.4 cm³/mol. The van der Waals surface area contributed by atoms with Crippen molar-refractivity contribution >= 4 is 18.0 Å².